The van der Waals surface area contributed by atoms with Crippen molar-refractivity contribution in [1.29, 1.82) is 0 Å². The number of aromatic nitrogens is 2. The van der Waals surface area contributed by atoms with Crippen LogP contribution in [0.5, 0.6) is 0 Å². The maximum absolute atomic E-state index is 12.0. The van der Waals surface area contributed by atoms with Gasteiger partial charge in [0.1, 0.15) is 5.69 Å². The minimum absolute atomic E-state index is 0.167. The maximum atomic E-state index is 12.0. The van der Waals surface area contributed by atoms with E-state index in [0.717, 1.165) is 11.3 Å². The number of rotatable bonds is 5. The summed E-state index contributed by atoms with van der Waals surface area (Å²) < 4.78 is 0. The minimum Gasteiger partial charge on any atom is -0.381 e. The highest BCUT2D eigenvalue weighted by molar-refractivity contribution is 5.92. The standard InChI is InChI=1S/C15H16N4O/c20-15(18-9-11-5-7-16-8-6-11)14-4-3-13(10-17-14)19-12-1-2-12/h3-8,10,12,19H,1-2,9H2,(H,18,20). The molecule has 0 unspecified atom stereocenters. The SMILES string of the molecule is O=C(NCc1ccncc1)c1ccc(NC2CC2)cn1. The summed E-state index contributed by atoms with van der Waals surface area (Å²) in [6, 6.07) is 7.97. The van der Waals surface area contributed by atoms with E-state index in [0.29, 0.717) is 18.3 Å². The highest BCUT2D eigenvalue weighted by atomic mass is 16.1. The Kier molecular flexibility index (Phi) is 3.58. The van der Waals surface area contributed by atoms with E-state index < -0.39 is 0 Å². The molecule has 0 spiro atoms. The molecule has 2 aromatic heterocycles. The van der Waals surface area contributed by atoms with Crippen molar-refractivity contribution in [2.45, 2.75) is 25.4 Å². The first kappa shape index (κ1) is 12.6. The van der Waals surface area contributed by atoms with E-state index in [2.05, 4.69) is 20.6 Å². The minimum atomic E-state index is -0.167. The van der Waals surface area contributed by atoms with Crippen molar-refractivity contribution in [2.24, 2.45) is 0 Å². The summed E-state index contributed by atoms with van der Waals surface area (Å²) in [6.45, 7) is 0.477. The fraction of sp³-hybridized carbons (Fsp3) is 0.267. The van der Waals surface area contributed by atoms with Crippen molar-refractivity contribution in [1.82, 2.24) is 15.3 Å². The Hall–Kier alpha value is -2.43. The van der Waals surface area contributed by atoms with Gasteiger partial charge in [-0.15, -0.1) is 0 Å². The lowest BCUT2D eigenvalue weighted by Gasteiger charge is -2.06. The molecule has 1 fully saturated rings. The third-order valence-corrected chi connectivity index (χ3v) is 3.15. The van der Waals surface area contributed by atoms with E-state index in [4.69, 9.17) is 0 Å². The Balaban J connectivity index is 1.56. The third-order valence-electron chi connectivity index (χ3n) is 3.15. The van der Waals surface area contributed by atoms with Crippen LogP contribution in [-0.4, -0.2) is 21.9 Å². The van der Waals surface area contributed by atoms with Crippen molar-refractivity contribution < 1.29 is 4.79 Å². The molecule has 5 heteroatoms. The molecule has 1 saturated carbocycles. The maximum Gasteiger partial charge on any atom is 0.270 e. The van der Waals surface area contributed by atoms with Crippen LogP contribution in [0.25, 0.3) is 0 Å². The first-order valence-corrected chi connectivity index (χ1v) is 6.71. The zero-order valence-electron chi connectivity index (χ0n) is 11.0. The number of hydrogen-bond donors (Lipinski definition) is 2. The Morgan fingerprint density at radius 1 is 1.20 bits per heavy atom. The summed E-state index contributed by atoms with van der Waals surface area (Å²) in [7, 11) is 0. The van der Waals surface area contributed by atoms with Crippen molar-refractivity contribution in [3.63, 3.8) is 0 Å². The monoisotopic (exact) mass is 268 g/mol. The number of pyridine rings is 2. The summed E-state index contributed by atoms with van der Waals surface area (Å²) in [5.41, 5.74) is 2.42. The number of nitrogens with one attached hydrogen (secondary N) is 2. The van der Waals surface area contributed by atoms with Crippen molar-refractivity contribution >= 4 is 11.6 Å². The summed E-state index contributed by atoms with van der Waals surface area (Å²) in [5, 5.41) is 6.18. The third kappa shape index (κ3) is 3.32. The van der Waals surface area contributed by atoms with Crippen LogP contribution >= 0.6 is 0 Å². The zero-order chi connectivity index (χ0) is 13.8. The Bertz CT molecular complexity index is 579. The van der Waals surface area contributed by atoms with Gasteiger partial charge in [0.25, 0.3) is 5.91 Å². The van der Waals surface area contributed by atoms with Gasteiger partial charge in [0.15, 0.2) is 0 Å². The molecular formula is C15H16N4O. The van der Waals surface area contributed by atoms with Gasteiger partial charge in [0.2, 0.25) is 0 Å². The van der Waals surface area contributed by atoms with Gasteiger partial charge in [-0.05, 0) is 42.7 Å². The quantitative estimate of drug-likeness (QED) is 0.870. The average molecular weight is 268 g/mol. The molecule has 5 nitrogen and oxygen atoms in total. The molecule has 1 aliphatic rings. The van der Waals surface area contributed by atoms with Gasteiger partial charge >= 0.3 is 0 Å². The molecule has 0 atom stereocenters. The molecule has 1 aliphatic carbocycles. The Labute approximate surface area is 117 Å². The molecule has 102 valence electrons. The van der Waals surface area contributed by atoms with Gasteiger partial charge in [-0.3, -0.25) is 9.78 Å². The van der Waals surface area contributed by atoms with E-state index in [1.807, 2.05) is 18.2 Å². The van der Waals surface area contributed by atoms with Crippen LogP contribution in [0.2, 0.25) is 0 Å². The van der Waals surface area contributed by atoms with Gasteiger partial charge in [0, 0.05) is 25.0 Å². The lowest BCUT2D eigenvalue weighted by molar-refractivity contribution is 0.0946. The molecular weight excluding hydrogens is 252 g/mol. The number of carbonyl (C=O) groups excluding carboxylic acids is 1. The summed E-state index contributed by atoms with van der Waals surface area (Å²) >= 11 is 0. The highest BCUT2D eigenvalue weighted by Gasteiger charge is 2.20. The molecule has 20 heavy (non-hydrogen) atoms. The van der Waals surface area contributed by atoms with E-state index >= 15 is 0 Å². The fourth-order valence-electron chi connectivity index (χ4n) is 1.85. The number of nitrogens with zero attached hydrogens (tertiary/aromatic N) is 2. The lowest BCUT2D eigenvalue weighted by Crippen LogP contribution is -2.23. The molecule has 2 aromatic rings. The van der Waals surface area contributed by atoms with Crippen LogP contribution in [0.1, 0.15) is 28.9 Å². The van der Waals surface area contributed by atoms with Crippen LogP contribution in [0, 0.1) is 0 Å². The summed E-state index contributed by atoms with van der Waals surface area (Å²) in [5.74, 6) is -0.167. The smallest absolute Gasteiger partial charge is 0.270 e. The van der Waals surface area contributed by atoms with Gasteiger partial charge in [-0.25, -0.2) is 4.98 Å². The van der Waals surface area contributed by atoms with Crippen molar-refractivity contribution in [3.05, 3.63) is 54.1 Å². The average Bonchev–Trinajstić information content (AvgIpc) is 3.31. The van der Waals surface area contributed by atoms with Gasteiger partial charge in [-0.2, -0.15) is 0 Å². The molecule has 0 aliphatic heterocycles. The van der Waals surface area contributed by atoms with Gasteiger partial charge < -0.3 is 10.6 Å². The van der Waals surface area contributed by atoms with Crippen LogP contribution in [-0.2, 0) is 6.54 Å². The summed E-state index contributed by atoms with van der Waals surface area (Å²) in [4.78, 5) is 20.1. The molecule has 1 amide bonds. The highest BCUT2D eigenvalue weighted by Crippen LogP contribution is 2.24. The molecule has 0 radical (unpaired) electrons. The molecule has 3 rings (SSSR count). The lowest BCUT2D eigenvalue weighted by atomic mass is 10.2. The van der Waals surface area contributed by atoms with Crippen LogP contribution < -0.4 is 10.6 Å². The number of hydrogen-bond acceptors (Lipinski definition) is 4. The first-order chi connectivity index (χ1) is 9.81. The second kappa shape index (κ2) is 5.69. The van der Waals surface area contributed by atoms with Crippen LogP contribution in [0.15, 0.2) is 42.9 Å². The fourth-order valence-corrected chi connectivity index (χ4v) is 1.85. The Morgan fingerprint density at radius 2 is 2.00 bits per heavy atom. The molecule has 0 bridgehead atoms. The van der Waals surface area contributed by atoms with E-state index in [1.165, 1.54) is 12.8 Å². The molecule has 2 heterocycles. The van der Waals surface area contributed by atoms with Gasteiger partial charge in [0.05, 0.1) is 11.9 Å². The molecule has 2 N–H and O–H groups in total. The number of amides is 1. The molecule has 0 saturated heterocycles. The second-order valence-corrected chi connectivity index (χ2v) is 4.89. The van der Waals surface area contributed by atoms with E-state index in [9.17, 15) is 4.79 Å². The predicted octanol–water partition coefficient (Wildman–Crippen LogP) is 1.98. The molecule has 0 aromatic carbocycles. The topological polar surface area (TPSA) is 66.9 Å². The van der Waals surface area contributed by atoms with Crippen LogP contribution in [0.3, 0.4) is 0 Å². The Morgan fingerprint density at radius 3 is 2.65 bits per heavy atom. The first-order valence-electron chi connectivity index (χ1n) is 6.71. The largest absolute Gasteiger partial charge is 0.381 e. The summed E-state index contributed by atoms with van der Waals surface area (Å²) in [6.07, 6.45) is 7.55. The second-order valence-electron chi connectivity index (χ2n) is 4.89. The van der Waals surface area contributed by atoms with E-state index in [1.54, 1.807) is 24.7 Å². The zero-order valence-corrected chi connectivity index (χ0v) is 11.0. The normalized spacial score (nSPS) is 13.8. The van der Waals surface area contributed by atoms with Gasteiger partial charge in [-0.1, -0.05) is 0 Å². The number of anilines is 1. The predicted molar refractivity (Wildman–Crippen MR) is 76.3 cm³/mol. The van der Waals surface area contributed by atoms with Crippen molar-refractivity contribution in [3.8, 4) is 0 Å². The van der Waals surface area contributed by atoms with Crippen molar-refractivity contribution in [2.75, 3.05) is 5.32 Å². The van der Waals surface area contributed by atoms with Crippen LogP contribution in [0.4, 0.5) is 5.69 Å². The number of carbonyl (C=O) groups is 1. The van der Waals surface area contributed by atoms with E-state index in [-0.39, 0.29) is 5.91 Å².